The number of furan rings is 1. The van der Waals surface area contributed by atoms with Crippen LogP contribution in [0.1, 0.15) is 35.4 Å². The maximum atomic E-state index is 5.56. The summed E-state index contributed by atoms with van der Waals surface area (Å²) in [5.41, 5.74) is 3.81. The number of guanidine groups is 1. The van der Waals surface area contributed by atoms with Gasteiger partial charge in [-0.3, -0.25) is 4.90 Å². The molecule has 2 N–H and O–H groups in total. The van der Waals surface area contributed by atoms with E-state index in [-0.39, 0.29) is 30.0 Å². The summed E-state index contributed by atoms with van der Waals surface area (Å²) in [4.78, 5) is 6.87. The Balaban J connectivity index is 0.00000338. The zero-order chi connectivity index (χ0) is 18.2. The quantitative estimate of drug-likeness (QED) is 0.367. The van der Waals surface area contributed by atoms with Gasteiger partial charge in [0.2, 0.25) is 0 Å². The molecule has 0 spiro atoms. The van der Waals surface area contributed by atoms with Gasteiger partial charge in [-0.05, 0) is 58.1 Å². The van der Waals surface area contributed by atoms with Gasteiger partial charge in [0.05, 0.1) is 18.8 Å². The van der Waals surface area contributed by atoms with Crippen molar-refractivity contribution in [2.75, 3.05) is 27.2 Å². The largest absolute Gasteiger partial charge is 0.468 e. The van der Waals surface area contributed by atoms with Gasteiger partial charge in [-0.15, -0.1) is 24.0 Å². The van der Waals surface area contributed by atoms with Gasteiger partial charge >= 0.3 is 0 Å². The number of aliphatic imine (C=N–C) groups is 1. The third kappa shape index (κ3) is 6.64. The fourth-order valence-corrected chi connectivity index (χ4v) is 2.74. The molecule has 0 fully saturated rings. The maximum absolute atomic E-state index is 5.56. The second-order valence-electron chi connectivity index (χ2n) is 6.50. The second kappa shape index (κ2) is 11.2. The monoisotopic (exact) mass is 470 g/mol. The van der Waals surface area contributed by atoms with Crippen LogP contribution < -0.4 is 10.6 Å². The lowest BCUT2D eigenvalue weighted by atomic mass is 10.1. The number of rotatable bonds is 7. The molecular weight excluding hydrogens is 439 g/mol. The lowest BCUT2D eigenvalue weighted by Gasteiger charge is -2.23. The molecule has 1 aromatic heterocycles. The van der Waals surface area contributed by atoms with Crippen LogP contribution in [0.25, 0.3) is 0 Å². The molecular formula is C20H31IN4O. The lowest BCUT2D eigenvalue weighted by Crippen LogP contribution is -2.41. The molecule has 0 bridgehead atoms. The predicted octanol–water partition coefficient (Wildman–Crippen LogP) is 3.87. The first-order valence-electron chi connectivity index (χ1n) is 8.79. The van der Waals surface area contributed by atoms with Crippen molar-refractivity contribution in [1.82, 2.24) is 15.5 Å². The molecule has 1 heterocycles. The van der Waals surface area contributed by atoms with E-state index in [9.17, 15) is 0 Å². The molecule has 6 heteroatoms. The Hall–Kier alpha value is -1.54. The zero-order valence-electron chi connectivity index (χ0n) is 16.4. The van der Waals surface area contributed by atoms with Gasteiger partial charge in [0.15, 0.2) is 5.96 Å². The average molecular weight is 470 g/mol. The van der Waals surface area contributed by atoms with E-state index in [0.29, 0.717) is 6.54 Å². The van der Waals surface area contributed by atoms with Crippen LogP contribution in [0.4, 0.5) is 0 Å². The molecule has 144 valence electrons. The molecule has 26 heavy (non-hydrogen) atoms. The number of hydrogen-bond acceptors (Lipinski definition) is 3. The van der Waals surface area contributed by atoms with Crippen LogP contribution in [0.3, 0.4) is 0 Å². The number of nitrogens with one attached hydrogen (secondary N) is 2. The van der Waals surface area contributed by atoms with Crippen LogP contribution in [-0.2, 0) is 6.54 Å². The van der Waals surface area contributed by atoms with E-state index in [4.69, 9.17) is 9.41 Å². The maximum Gasteiger partial charge on any atom is 0.191 e. The van der Waals surface area contributed by atoms with Gasteiger partial charge in [0.1, 0.15) is 5.76 Å². The van der Waals surface area contributed by atoms with Gasteiger partial charge in [0.25, 0.3) is 0 Å². The minimum atomic E-state index is 0. The van der Waals surface area contributed by atoms with Crippen molar-refractivity contribution in [3.05, 3.63) is 59.0 Å². The Morgan fingerprint density at radius 2 is 1.96 bits per heavy atom. The number of halogens is 1. The second-order valence-corrected chi connectivity index (χ2v) is 6.50. The summed E-state index contributed by atoms with van der Waals surface area (Å²) in [6, 6.07) is 10.6. The summed E-state index contributed by atoms with van der Waals surface area (Å²) in [7, 11) is 4.10. The summed E-state index contributed by atoms with van der Waals surface area (Å²) in [6.45, 7) is 8.53. The highest BCUT2D eigenvalue weighted by Crippen LogP contribution is 2.17. The summed E-state index contributed by atoms with van der Waals surface area (Å²) in [6.07, 6.45) is 1.71. The summed E-state index contributed by atoms with van der Waals surface area (Å²) in [5, 5.41) is 6.74. The van der Waals surface area contributed by atoms with Crippen molar-refractivity contribution >= 4 is 29.9 Å². The molecule has 5 nitrogen and oxygen atoms in total. The summed E-state index contributed by atoms with van der Waals surface area (Å²) in [5.74, 6) is 1.77. The number of aryl methyl sites for hydroxylation is 2. The number of likely N-dealkylation sites (N-methyl/N-ethyl adjacent to an activating group) is 1. The first-order chi connectivity index (χ1) is 12.0. The summed E-state index contributed by atoms with van der Waals surface area (Å²) >= 11 is 0. The lowest BCUT2D eigenvalue weighted by molar-refractivity contribution is 0.258. The molecule has 0 saturated carbocycles. The van der Waals surface area contributed by atoms with Gasteiger partial charge < -0.3 is 15.1 Å². The van der Waals surface area contributed by atoms with Gasteiger partial charge in [-0.2, -0.15) is 0 Å². The Morgan fingerprint density at radius 1 is 1.19 bits per heavy atom. The van der Waals surface area contributed by atoms with Crippen LogP contribution in [0, 0.1) is 13.8 Å². The van der Waals surface area contributed by atoms with Crippen molar-refractivity contribution in [3.63, 3.8) is 0 Å². The zero-order valence-corrected chi connectivity index (χ0v) is 18.7. The smallest absolute Gasteiger partial charge is 0.191 e. The molecule has 0 amide bonds. The molecule has 0 aliphatic carbocycles. The van der Waals surface area contributed by atoms with E-state index in [1.807, 2.05) is 12.1 Å². The van der Waals surface area contributed by atoms with E-state index in [1.54, 1.807) is 6.26 Å². The normalized spacial score (nSPS) is 12.6. The van der Waals surface area contributed by atoms with Crippen molar-refractivity contribution in [1.29, 1.82) is 0 Å². The van der Waals surface area contributed by atoms with E-state index in [1.165, 1.54) is 16.7 Å². The van der Waals surface area contributed by atoms with E-state index in [2.05, 4.69) is 68.6 Å². The van der Waals surface area contributed by atoms with E-state index < -0.39 is 0 Å². The molecule has 0 aliphatic rings. The number of hydrogen-bond donors (Lipinski definition) is 2. The topological polar surface area (TPSA) is 52.8 Å². The minimum absolute atomic E-state index is 0. The summed E-state index contributed by atoms with van der Waals surface area (Å²) < 4.78 is 5.56. The highest BCUT2D eigenvalue weighted by Gasteiger charge is 2.17. The Kier molecular flexibility index (Phi) is 9.72. The molecule has 0 radical (unpaired) electrons. The highest BCUT2D eigenvalue weighted by atomic mass is 127. The third-order valence-corrected chi connectivity index (χ3v) is 4.21. The van der Waals surface area contributed by atoms with Crippen LogP contribution in [-0.4, -0.2) is 38.0 Å². The fraction of sp³-hybridized carbons (Fsp3) is 0.450. The van der Waals surface area contributed by atoms with Gasteiger partial charge in [-0.25, -0.2) is 4.99 Å². The van der Waals surface area contributed by atoms with Gasteiger partial charge in [-0.1, -0.05) is 23.8 Å². The number of benzene rings is 1. The molecule has 1 atom stereocenters. The molecule has 2 rings (SSSR count). The van der Waals surface area contributed by atoms with E-state index >= 15 is 0 Å². The third-order valence-electron chi connectivity index (χ3n) is 4.21. The first kappa shape index (κ1) is 22.5. The van der Waals surface area contributed by atoms with Crippen molar-refractivity contribution in [2.24, 2.45) is 4.99 Å². The SMILES string of the molecule is CCNC(=NCc1ccc(C)cc1C)NCC(c1ccco1)N(C)C.I. The van der Waals surface area contributed by atoms with Crippen LogP contribution in [0.15, 0.2) is 46.0 Å². The number of nitrogens with zero attached hydrogens (tertiary/aromatic N) is 2. The fourth-order valence-electron chi connectivity index (χ4n) is 2.74. The predicted molar refractivity (Wildman–Crippen MR) is 119 cm³/mol. The van der Waals surface area contributed by atoms with E-state index in [0.717, 1.165) is 24.8 Å². The van der Waals surface area contributed by atoms with Crippen LogP contribution >= 0.6 is 24.0 Å². The van der Waals surface area contributed by atoms with Crippen LogP contribution in [0.2, 0.25) is 0 Å². The van der Waals surface area contributed by atoms with Crippen LogP contribution in [0.5, 0.6) is 0 Å². The highest BCUT2D eigenvalue weighted by molar-refractivity contribution is 14.0. The molecule has 2 aromatic rings. The van der Waals surface area contributed by atoms with Crippen molar-refractivity contribution in [2.45, 2.75) is 33.4 Å². The Labute approximate surface area is 174 Å². The molecule has 0 aliphatic heterocycles. The first-order valence-corrected chi connectivity index (χ1v) is 8.79. The standard InChI is InChI=1S/C20H30N4O.HI/c1-6-21-20(22-13-17-10-9-15(2)12-16(17)3)23-14-18(24(4)5)19-8-7-11-25-19;/h7-12,18H,6,13-14H2,1-5H3,(H2,21,22,23);1H. The molecule has 1 aromatic carbocycles. The molecule has 1 unspecified atom stereocenters. The molecule has 0 saturated heterocycles. The minimum Gasteiger partial charge on any atom is -0.468 e. The van der Waals surface area contributed by atoms with Crippen molar-refractivity contribution < 1.29 is 4.42 Å². The van der Waals surface area contributed by atoms with Crippen molar-refractivity contribution in [3.8, 4) is 0 Å². The Bertz CT molecular complexity index is 683. The van der Waals surface area contributed by atoms with Gasteiger partial charge in [0, 0.05) is 13.1 Å². The Morgan fingerprint density at radius 3 is 2.54 bits per heavy atom. The average Bonchev–Trinajstić information content (AvgIpc) is 3.07.